The Morgan fingerprint density at radius 3 is 2.77 bits per heavy atom. The normalized spacial score (nSPS) is 9.77. The lowest BCUT2D eigenvalue weighted by Gasteiger charge is -2.08. The Morgan fingerprint density at radius 2 is 2.23 bits per heavy atom. The van der Waals surface area contributed by atoms with Gasteiger partial charge in [0.15, 0.2) is 0 Å². The molecule has 72 valence electrons. The molecule has 2 nitrogen and oxygen atoms in total. The van der Waals surface area contributed by atoms with Gasteiger partial charge in [-0.3, -0.25) is 4.84 Å². The van der Waals surface area contributed by atoms with Gasteiger partial charge >= 0.3 is 0 Å². The van der Waals surface area contributed by atoms with E-state index in [1.807, 2.05) is 12.1 Å². The lowest BCUT2D eigenvalue weighted by molar-refractivity contribution is 0.417. The van der Waals surface area contributed by atoms with E-state index in [1.165, 1.54) is 5.56 Å². The van der Waals surface area contributed by atoms with E-state index in [1.54, 1.807) is 7.11 Å². The summed E-state index contributed by atoms with van der Waals surface area (Å²) in [6, 6.07) is 5.99. The Kier molecular flexibility index (Phi) is 3.90. The standard InChI is InChI=1S/C10H14ClNO/c1-3-4-8-5-6-10(13-2)9(7-8)12-11/h5-7,12H,3-4H2,1-2H3. The predicted molar refractivity (Wildman–Crippen MR) is 56.5 cm³/mol. The van der Waals surface area contributed by atoms with Crippen LogP contribution in [0.5, 0.6) is 5.75 Å². The molecule has 0 aliphatic carbocycles. The van der Waals surface area contributed by atoms with Gasteiger partial charge in [0, 0.05) is 11.8 Å². The first-order valence-corrected chi connectivity index (χ1v) is 4.73. The Bertz CT molecular complexity index is 276. The Morgan fingerprint density at radius 1 is 1.46 bits per heavy atom. The van der Waals surface area contributed by atoms with Gasteiger partial charge < -0.3 is 4.74 Å². The van der Waals surface area contributed by atoms with Crippen molar-refractivity contribution in [1.82, 2.24) is 0 Å². The summed E-state index contributed by atoms with van der Waals surface area (Å²) in [7, 11) is 1.63. The third-order valence-corrected chi connectivity index (χ3v) is 2.11. The molecule has 1 aromatic carbocycles. The molecule has 0 aliphatic rings. The molecule has 0 aliphatic heterocycles. The summed E-state index contributed by atoms with van der Waals surface area (Å²) in [5, 5.41) is 0. The molecule has 1 rings (SSSR count). The minimum absolute atomic E-state index is 0.773. The van der Waals surface area contributed by atoms with Crippen LogP contribution in [0.25, 0.3) is 0 Å². The zero-order valence-electron chi connectivity index (χ0n) is 7.93. The molecule has 13 heavy (non-hydrogen) atoms. The fourth-order valence-electron chi connectivity index (χ4n) is 1.27. The number of hydrogen-bond acceptors (Lipinski definition) is 2. The van der Waals surface area contributed by atoms with Crippen LogP contribution in [-0.2, 0) is 6.42 Å². The van der Waals surface area contributed by atoms with Crippen molar-refractivity contribution in [2.75, 3.05) is 11.9 Å². The molecule has 1 N–H and O–H groups in total. The number of benzene rings is 1. The van der Waals surface area contributed by atoms with Crippen LogP contribution in [0.3, 0.4) is 0 Å². The average molecular weight is 200 g/mol. The van der Waals surface area contributed by atoms with Gasteiger partial charge in [0.25, 0.3) is 0 Å². The van der Waals surface area contributed by atoms with E-state index in [0.717, 1.165) is 24.3 Å². The Hall–Kier alpha value is -0.890. The maximum absolute atomic E-state index is 5.55. The molecule has 0 spiro atoms. The smallest absolute Gasteiger partial charge is 0.143 e. The van der Waals surface area contributed by atoms with Crippen molar-refractivity contribution in [3.8, 4) is 5.75 Å². The highest BCUT2D eigenvalue weighted by Gasteiger charge is 2.02. The number of anilines is 1. The van der Waals surface area contributed by atoms with Crippen LogP contribution in [0.1, 0.15) is 18.9 Å². The van der Waals surface area contributed by atoms with Gasteiger partial charge in [-0.15, -0.1) is 0 Å². The van der Waals surface area contributed by atoms with Crippen LogP contribution in [0.4, 0.5) is 5.69 Å². The van der Waals surface area contributed by atoms with Crippen molar-refractivity contribution in [1.29, 1.82) is 0 Å². The second-order valence-electron chi connectivity index (χ2n) is 2.88. The molecular weight excluding hydrogens is 186 g/mol. The topological polar surface area (TPSA) is 21.3 Å². The third-order valence-electron chi connectivity index (χ3n) is 1.90. The molecule has 0 radical (unpaired) electrons. The van der Waals surface area contributed by atoms with Gasteiger partial charge in [0.05, 0.1) is 12.8 Å². The number of ether oxygens (including phenoxy) is 1. The van der Waals surface area contributed by atoms with Gasteiger partial charge in [-0.1, -0.05) is 19.4 Å². The second-order valence-corrected chi connectivity index (χ2v) is 3.07. The third kappa shape index (κ3) is 2.52. The summed E-state index contributed by atoms with van der Waals surface area (Å²) in [6.07, 6.45) is 2.20. The highest BCUT2D eigenvalue weighted by Crippen LogP contribution is 2.26. The van der Waals surface area contributed by atoms with E-state index < -0.39 is 0 Å². The highest BCUT2D eigenvalue weighted by atomic mass is 35.5. The van der Waals surface area contributed by atoms with E-state index in [2.05, 4.69) is 17.8 Å². The lowest BCUT2D eigenvalue weighted by atomic mass is 10.1. The number of rotatable bonds is 4. The fraction of sp³-hybridized carbons (Fsp3) is 0.400. The lowest BCUT2D eigenvalue weighted by Crippen LogP contribution is -1.91. The monoisotopic (exact) mass is 199 g/mol. The number of methoxy groups -OCH3 is 1. The molecule has 0 aromatic heterocycles. The van der Waals surface area contributed by atoms with E-state index in [4.69, 9.17) is 16.5 Å². The summed E-state index contributed by atoms with van der Waals surface area (Å²) in [6.45, 7) is 2.15. The van der Waals surface area contributed by atoms with Crippen LogP contribution in [-0.4, -0.2) is 7.11 Å². The van der Waals surface area contributed by atoms with Gasteiger partial charge in [-0.2, -0.15) is 0 Å². The number of halogens is 1. The van der Waals surface area contributed by atoms with E-state index in [0.29, 0.717) is 0 Å². The van der Waals surface area contributed by atoms with Gasteiger partial charge in [-0.25, -0.2) is 0 Å². The molecule has 0 bridgehead atoms. The van der Waals surface area contributed by atoms with E-state index in [9.17, 15) is 0 Å². The van der Waals surface area contributed by atoms with Crippen LogP contribution < -0.4 is 9.57 Å². The highest BCUT2D eigenvalue weighted by molar-refractivity contribution is 6.24. The van der Waals surface area contributed by atoms with E-state index in [-0.39, 0.29) is 0 Å². The number of nitrogens with one attached hydrogen (secondary N) is 1. The predicted octanol–water partition coefficient (Wildman–Crippen LogP) is 3.21. The first kappa shape index (κ1) is 10.2. The van der Waals surface area contributed by atoms with Gasteiger partial charge in [-0.05, 0) is 24.1 Å². The number of hydrogen-bond donors (Lipinski definition) is 1. The molecule has 0 unspecified atom stereocenters. The molecule has 0 fully saturated rings. The first-order chi connectivity index (χ1) is 6.31. The summed E-state index contributed by atoms with van der Waals surface area (Å²) in [5.41, 5.74) is 2.10. The average Bonchev–Trinajstić information content (AvgIpc) is 2.18. The van der Waals surface area contributed by atoms with Gasteiger partial charge in [0.1, 0.15) is 5.75 Å². The zero-order valence-corrected chi connectivity index (χ0v) is 8.69. The van der Waals surface area contributed by atoms with Crippen molar-refractivity contribution < 1.29 is 4.74 Å². The van der Waals surface area contributed by atoms with Crippen molar-refractivity contribution in [2.45, 2.75) is 19.8 Å². The minimum atomic E-state index is 0.773. The summed E-state index contributed by atoms with van der Waals surface area (Å²) in [5.74, 6) is 0.773. The fourth-order valence-corrected chi connectivity index (χ4v) is 1.42. The van der Waals surface area contributed by atoms with Crippen LogP contribution in [0.15, 0.2) is 18.2 Å². The molecule has 0 heterocycles. The van der Waals surface area contributed by atoms with Crippen molar-refractivity contribution in [2.24, 2.45) is 0 Å². The van der Waals surface area contributed by atoms with Crippen molar-refractivity contribution in [3.05, 3.63) is 23.8 Å². The van der Waals surface area contributed by atoms with E-state index >= 15 is 0 Å². The van der Waals surface area contributed by atoms with Crippen LogP contribution in [0, 0.1) is 0 Å². The molecule has 0 atom stereocenters. The Labute approximate surface area is 84.0 Å². The van der Waals surface area contributed by atoms with Crippen LogP contribution in [0.2, 0.25) is 0 Å². The second kappa shape index (κ2) is 4.97. The molecule has 0 amide bonds. The largest absolute Gasteiger partial charge is 0.495 e. The minimum Gasteiger partial charge on any atom is -0.495 e. The summed E-state index contributed by atoms with van der Waals surface area (Å²) >= 11 is 5.55. The van der Waals surface area contributed by atoms with Crippen LogP contribution >= 0.6 is 11.8 Å². The molecule has 0 saturated heterocycles. The number of aryl methyl sites for hydroxylation is 1. The maximum Gasteiger partial charge on any atom is 0.143 e. The first-order valence-electron chi connectivity index (χ1n) is 4.35. The van der Waals surface area contributed by atoms with Gasteiger partial charge in [0.2, 0.25) is 0 Å². The summed E-state index contributed by atoms with van der Waals surface area (Å²) in [4.78, 5) is 2.59. The SMILES string of the molecule is CCCc1ccc(OC)c(NCl)c1. The summed E-state index contributed by atoms with van der Waals surface area (Å²) < 4.78 is 5.12. The molecule has 3 heteroatoms. The molecule has 1 aromatic rings. The Balaban J connectivity index is 2.91. The zero-order chi connectivity index (χ0) is 9.68. The molecule has 0 saturated carbocycles. The van der Waals surface area contributed by atoms with Crippen molar-refractivity contribution in [3.63, 3.8) is 0 Å². The van der Waals surface area contributed by atoms with Crippen molar-refractivity contribution >= 4 is 17.5 Å². The quantitative estimate of drug-likeness (QED) is 0.752. The maximum atomic E-state index is 5.55. The molecular formula is C10H14ClNO.